The predicted octanol–water partition coefficient (Wildman–Crippen LogP) is 2.16. The van der Waals surface area contributed by atoms with Crippen LogP contribution in [0.25, 0.3) is 22.1 Å². The Balaban J connectivity index is 1.71. The number of pyridine rings is 1. The number of hydrogen-bond acceptors (Lipinski definition) is 6. The van der Waals surface area contributed by atoms with Gasteiger partial charge in [0.1, 0.15) is 11.0 Å². The van der Waals surface area contributed by atoms with E-state index in [-0.39, 0.29) is 5.75 Å². The molecule has 4 rings (SSSR count). The molecule has 25 heavy (non-hydrogen) atoms. The lowest BCUT2D eigenvalue weighted by Gasteiger charge is -2.10. The molecule has 0 aliphatic heterocycles. The average Bonchev–Trinajstić information content (AvgIpc) is 3.27. The highest BCUT2D eigenvalue weighted by atomic mass is 32.2. The van der Waals surface area contributed by atoms with Crippen LogP contribution in [-0.4, -0.2) is 43.3 Å². The summed E-state index contributed by atoms with van der Waals surface area (Å²) in [5.41, 5.74) is 3.65. The van der Waals surface area contributed by atoms with Gasteiger partial charge in [0.15, 0.2) is 16.7 Å². The second kappa shape index (κ2) is 6.17. The van der Waals surface area contributed by atoms with Crippen LogP contribution in [0.4, 0.5) is 0 Å². The van der Waals surface area contributed by atoms with Gasteiger partial charge in [-0.25, -0.2) is 9.97 Å². The number of methoxy groups -OCH3 is 2. The van der Waals surface area contributed by atoms with Gasteiger partial charge in [0, 0.05) is 12.3 Å². The molecule has 0 aliphatic carbocycles. The van der Waals surface area contributed by atoms with Crippen molar-refractivity contribution in [2.75, 3.05) is 14.2 Å². The Bertz CT molecular complexity index is 1090. The molecule has 4 aromatic rings. The van der Waals surface area contributed by atoms with Crippen molar-refractivity contribution in [1.82, 2.24) is 24.9 Å². The first-order valence-corrected chi connectivity index (χ1v) is 8.79. The van der Waals surface area contributed by atoms with Crippen LogP contribution >= 0.6 is 0 Å². The Labute approximate surface area is 145 Å². The molecule has 128 valence electrons. The summed E-state index contributed by atoms with van der Waals surface area (Å²) < 4.78 is 23.4. The molecule has 0 spiro atoms. The van der Waals surface area contributed by atoms with Gasteiger partial charge in [-0.15, -0.1) is 0 Å². The Morgan fingerprint density at radius 1 is 1.08 bits per heavy atom. The molecular weight excluding hydrogens is 342 g/mol. The summed E-state index contributed by atoms with van der Waals surface area (Å²) in [6.07, 6.45) is 3.21. The van der Waals surface area contributed by atoms with Crippen molar-refractivity contribution in [3.05, 3.63) is 36.4 Å². The Kier molecular flexibility index (Phi) is 3.85. The van der Waals surface area contributed by atoms with Crippen molar-refractivity contribution >= 4 is 32.9 Å². The molecule has 1 aromatic carbocycles. The minimum atomic E-state index is -1.42. The molecule has 0 amide bonds. The lowest BCUT2D eigenvalue weighted by Crippen LogP contribution is -2.04. The van der Waals surface area contributed by atoms with Gasteiger partial charge in [-0.05, 0) is 12.1 Å². The summed E-state index contributed by atoms with van der Waals surface area (Å²) >= 11 is 0. The van der Waals surface area contributed by atoms with E-state index >= 15 is 0 Å². The van der Waals surface area contributed by atoms with E-state index in [0.29, 0.717) is 27.9 Å². The summed E-state index contributed by atoms with van der Waals surface area (Å²) in [6, 6.07) is 5.48. The molecule has 1 unspecified atom stereocenters. The first-order chi connectivity index (χ1) is 12.2. The molecule has 8 nitrogen and oxygen atoms in total. The lowest BCUT2D eigenvalue weighted by molar-refractivity contribution is 0.350. The maximum Gasteiger partial charge on any atom is 0.197 e. The molecule has 3 aromatic heterocycles. The van der Waals surface area contributed by atoms with Gasteiger partial charge in [0.25, 0.3) is 0 Å². The van der Waals surface area contributed by atoms with Crippen molar-refractivity contribution in [1.29, 1.82) is 0 Å². The number of ether oxygens (including phenoxy) is 2. The molecule has 0 saturated heterocycles. The van der Waals surface area contributed by atoms with E-state index in [2.05, 4.69) is 24.9 Å². The zero-order valence-electron chi connectivity index (χ0n) is 13.6. The first kappa shape index (κ1) is 15.6. The number of hydrogen-bond donors (Lipinski definition) is 2. The average molecular weight is 357 g/mol. The van der Waals surface area contributed by atoms with Gasteiger partial charge in [-0.1, -0.05) is 0 Å². The molecule has 1 atom stereocenters. The number of nitrogens with one attached hydrogen (secondary N) is 2. The van der Waals surface area contributed by atoms with Crippen molar-refractivity contribution in [3.63, 3.8) is 0 Å². The number of benzene rings is 1. The van der Waals surface area contributed by atoms with Crippen molar-refractivity contribution in [3.8, 4) is 11.5 Å². The van der Waals surface area contributed by atoms with Crippen LogP contribution < -0.4 is 9.47 Å². The SMILES string of the molecule is COc1ccnc(CS(=O)c2nc3c(ccc4[nH]cnc43)[nH]2)c1OC. The van der Waals surface area contributed by atoms with Crippen LogP contribution in [0.1, 0.15) is 5.69 Å². The standard InChI is InChI=1S/C16H15N5O3S/c1-23-12-5-6-17-11(15(12)24-2)7-25(22)16-20-10-4-3-9-13(14(10)21-16)19-8-18-9/h3-6,8H,7H2,1-2H3,(H,18,19)(H,20,21). The van der Waals surface area contributed by atoms with Gasteiger partial charge in [0.05, 0.1) is 53.8 Å². The van der Waals surface area contributed by atoms with Crippen molar-refractivity contribution in [2.45, 2.75) is 10.9 Å². The molecular formula is C16H15N5O3S. The second-order valence-corrected chi connectivity index (χ2v) is 6.65. The molecule has 0 aliphatic rings. The highest BCUT2D eigenvalue weighted by Crippen LogP contribution is 2.30. The van der Waals surface area contributed by atoms with Crippen molar-refractivity contribution in [2.24, 2.45) is 0 Å². The fraction of sp³-hybridized carbons (Fsp3) is 0.188. The maximum absolute atomic E-state index is 12.8. The molecule has 0 saturated carbocycles. The summed E-state index contributed by atoms with van der Waals surface area (Å²) in [4.78, 5) is 19.1. The van der Waals surface area contributed by atoms with E-state index < -0.39 is 10.8 Å². The lowest BCUT2D eigenvalue weighted by atomic mass is 10.3. The Morgan fingerprint density at radius 2 is 1.92 bits per heavy atom. The molecule has 9 heteroatoms. The van der Waals surface area contributed by atoms with Crippen LogP contribution in [0, 0.1) is 0 Å². The molecule has 0 radical (unpaired) electrons. The monoisotopic (exact) mass is 357 g/mol. The highest BCUT2D eigenvalue weighted by Gasteiger charge is 2.18. The summed E-state index contributed by atoms with van der Waals surface area (Å²) in [5.74, 6) is 1.18. The number of H-pyrrole nitrogens is 2. The first-order valence-electron chi connectivity index (χ1n) is 7.47. The van der Waals surface area contributed by atoms with Crippen LogP contribution in [0.2, 0.25) is 0 Å². The summed E-state index contributed by atoms with van der Waals surface area (Å²) in [7, 11) is 1.66. The van der Waals surface area contributed by atoms with E-state index in [4.69, 9.17) is 9.47 Å². The number of rotatable bonds is 5. The third-order valence-electron chi connectivity index (χ3n) is 3.87. The van der Waals surface area contributed by atoms with E-state index in [1.54, 1.807) is 25.7 Å². The van der Waals surface area contributed by atoms with Gasteiger partial charge < -0.3 is 19.4 Å². The van der Waals surface area contributed by atoms with E-state index in [1.807, 2.05) is 12.1 Å². The van der Waals surface area contributed by atoms with Crippen LogP contribution in [0.3, 0.4) is 0 Å². The maximum atomic E-state index is 12.8. The largest absolute Gasteiger partial charge is 0.493 e. The Hall–Kier alpha value is -2.94. The number of fused-ring (bicyclic) bond motifs is 3. The van der Waals surface area contributed by atoms with E-state index in [0.717, 1.165) is 16.6 Å². The number of nitrogens with zero attached hydrogens (tertiary/aromatic N) is 3. The van der Waals surface area contributed by atoms with E-state index in [9.17, 15) is 4.21 Å². The van der Waals surface area contributed by atoms with Gasteiger partial charge in [0.2, 0.25) is 0 Å². The van der Waals surface area contributed by atoms with Crippen LogP contribution in [0.15, 0.2) is 35.9 Å². The topological polar surface area (TPSA) is 106 Å². The predicted molar refractivity (Wildman–Crippen MR) is 93.2 cm³/mol. The third kappa shape index (κ3) is 2.62. The summed E-state index contributed by atoms with van der Waals surface area (Å²) in [5, 5.41) is 0.372. The van der Waals surface area contributed by atoms with E-state index in [1.165, 1.54) is 7.11 Å². The zero-order valence-corrected chi connectivity index (χ0v) is 14.4. The smallest absolute Gasteiger partial charge is 0.197 e. The minimum absolute atomic E-state index is 0.157. The number of aromatic nitrogens is 5. The molecule has 0 fully saturated rings. The fourth-order valence-corrected chi connectivity index (χ4v) is 3.71. The normalized spacial score (nSPS) is 12.6. The van der Waals surface area contributed by atoms with Crippen LogP contribution in [0.5, 0.6) is 11.5 Å². The molecule has 2 N–H and O–H groups in total. The van der Waals surface area contributed by atoms with Crippen LogP contribution in [-0.2, 0) is 16.6 Å². The second-order valence-electron chi connectivity index (χ2n) is 5.29. The Morgan fingerprint density at radius 3 is 2.72 bits per heavy atom. The van der Waals surface area contributed by atoms with Gasteiger partial charge >= 0.3 is 0 Å². The highest BCUT2D eigenvalue weighted by molar-refractivity contribution is 7.84. The number of aromatic amines is 2. The zero-order chi connectivity index (χ0) is 17.4. The van der Waals surface area contributed by atoms with Gasteiger partial charge in [-0.3, -0.25) is 9.19 Å². The summed E-state index contributed by atoms with van der Waals surface area (Å²) in [6.45, 7) is 0. The number of imidazole rings is 2. The third-order valence-corrected chi connectivity index (χ3v) is 5.03. The van der Waals surface area contributed by atoms with Crippen molar-refractivity contribution < 1.29 is 13.7 Å². The van der Waals surface area contributed by atoms with Gasteiger partial charge in [-0.2, -0.15) is 0 Å². The minimum Gasteiger partial charge on any atom is -0.493 e. The quantitative estimate of drug-likeness (QED) is 0.567. The molecule has 0 bridgehead atoms. The fourth-order valence-electron chi connectivity index (χ4n) is 2.71. The molecule has 3 heterocycles.